The molecule has 2 nitrogen and oxygen atoms in total. The number of nitrogens with zero attached hydrogens (tertiary/aromatic N) is 1. The van der Waals surface area contributed by atoms with Gasteiger partial charge in [-0.05, 0) is 39.2 Å². The van der Waals surface area contributed by atoms with Gasteiger partial charge in [0.1, 0.15) is 4.64 Å². The summed E-state index contributed by atoms with van der Waals surface area (Å²) >= 11 is 5.34. The van der Waals surface area contributed by atoms with Gasteiger partial charge in [-0.25, -0.2) is 0 Å². The highest BCUT2D eigenvalue weighted by molar-refractivity contribution is 7.71. The number of aromatic nitrogens is 1. The van der Waals surface area contributed by atoms with E-state index in [1.54, 1.807) is 0 Å². The molecule has 0 spiro atoms. The first kappa shape index (κ1) is 10.7. The fourth-order valence-corrected chi connectivity index (χ4v) is 2.59. The van der Waals surface area contributed by atoms with Gasteiger partial charge in [-0.15, -0.1) is 0 Å². The number of rotatable bonds is 1. The number of anilines is 1. The lowest BCUT2D eigenvalue weighted by Crippen LogP contribution is -2.20. The summed E-state index contributed by atoms with van der Waals surface area (Å²) in [5.74, 6) is 0. The lowest BCUT2D eigenvalue weighted by molar-refractivity contribution is 0.937. The van der Waals surface area contributed by atoms with Crippen molar-refractivity contribution in [3.05, 3.63) is 21.5 Å². The van der Waals surface area contributed by atoms with E-state index < -0.39 is 0 Å². The van der Waals surface area contributed by atoms with E-state index in [9.17, 15) is 0 Å². The van der Waals surface area contributed by atoms with Gasteiger partial charge in [0, 0.05) is 30.0 Å². The summed E-state index contributed by atoms with van der Waals surface area (Å²) in [6.07, 6.45) is 2.62. The summed E-state index contributed by atoms with van der Waals surface area (Å²) in [6.45, 7) is 8.77. The van der Waals surface area contributed by atoms with Crippen LogP contribution in [-0.2, 0) is 0 Å². The zero-order chi connectivity index (χ0) is 11.0. The summed E-state index contributed by atoms with van der Waals surface area (Å²) < 4.78 is 0.889. The summed E-state index contributed by atoms with van der Waals surface area (Å²) in [5.41, 5.74) is 5.15. The Morgan fingerprint density at radius 2 is 1.67 bits per heavy atom. The van der Waals surface area contributed by atoms with Crippen LogP contribution in [0.3, 0.4) is 0 Å². The Hall–Kier alpha value is -0.830. The van der Waals surface area contributed by atoms with Crippen molar-refractivity contribution in [1.82, 2.24) is 4.98 Å². The highest BCUT2D eigenvalue weighted by atomic mass is 32.1. The minimum absolute atomic E-state index is 0.889. The average molecular weight is 222 g/mol. The fourth-order valence-electron chi connectivity index (χ4n) is 2.34. The first-order valence-electron chi connectivity index (χ1n) is 5.56. The van der Waals surface area contributed by atoms with E-state index in [2.05, 4.69) is 30.7 Å². The molecule has 1 aromatic heterocycles. The van der Waals surface area contributed by atoms with Gasteiger partial charge >= 0.3 is 0 Å². The zero-order valence-corrected chi connectivity index (χ0v) is 10.5. The molecule has 1 aromatic rings. The Balaban J connectivity index is 2.57. The second kappa shape index (κ2) is 3.97. The van der Waals surface area contributed by atoms with Crippen molar-refractivity contribution >= 4 is 17.9 Å². The topological polar surface area (TPSA) is 19.0 Å². The maximum Gasteiger partial charge on any atom is 0.108 e. The molecule has 1 N–H and O–H groups in total. The van der Waals surface area contributed by atoms with Crippen LogP contribution in [0.5, 0.6) is 0 Å². The lowest BCUT2D eigenvalue weighted by Gasteiger charge is -2.23. The van der Waals surface area contributed by atoms with Crippen LogP contribution in [0.15, 0.2) is 0 Å². The average Bonchev–Trinajstić information content (AvgIpc) is 2.69. The van der Waals surface area contributed by atoms with Crippen LogP contribution in [-0.4, -0.2) is 18.1 Å². The quantitative estimate of drug-likeness (QED) is 0.735. The third-order valence-corrected chi connectivity index (χ3v) is 3.75. The number of aromatic amines is 1. The molecule has 3 heteroatoms. The van der Waals surface area contributed by atoms with Gasteiger partial charge in [-0.1, -0.05) is 12.2 Å². The maximum absolute atomic E-state index is 5.34. The fraction of sp³-hybridized carbons (Fsp3) is 0.583. The van der Waals surface area contributed by atoms with Crippen molar-refractivity contribution in [2.45, 2.75) is 33.6 Å². The summed E-state index contributed by atoms with van der Waals surface area (Å²) in [4.78, 5) is 5.73. The van der Waals surface area contributed by atoms with E-state index >= 15 is 0 Å². The Morgan fingerprint density at radius 1 is 1.07 bits per heavy atom. The molecule has 2 heterocycles. The number of pyridine rings is 1. The molecule has 0 bridgehead atoms. The number of hydrogen-bond acceptors (Lipinski definition) is 2. The van der Waals surface area contributed by atoms with Gasteiger partial charge in [0.2, 0.25) is 0 Å². The van der Waals surface area contributed by atoms with E-state index in [0.717, 1.165) is 4.64 Å². The molecule has 0 atom stereocenters. The molecule has 0 saturated carbocycles. The van der Waals surface area contributed by atoms with Crippen LogP contribution >= 0.6 is 12.2 Å². The molecule has 0 amide bonds. The predicted molar refractivity (Wildman–Crippen MR) is 67.3 cm³/mol. The molecular formula is C12H18N2S. The summed E-state index contributed by atoms with van der Waals surface area (Å²) in [5, 5.41) is 0. The number of hydrogen-bond donors (Lipinski definition) is 1. The Kier molecular flexibility index (Phi) is 2.83. The lowest BCUT2D eigenvalue weighted by atomic mass is 10.1. The van der Waals surface area contributed by atoms with Crippen molar-refractivity contribution in [3.63, 3.8) is 0 Å². The summed E-state index contributed by atoms with van der Waals surface area (Å²) in [6, 6.07) is 0. The monoisotopic (exact) mass is 222 g/mol. The molecular weight excluding hydrogens is 204 g/mol. The van der Waals surface area contributed by atoms with Crippen LogP contribution in [0.25, 0.3) is 0 Å². The molecule has 1 aliphatic heterocycles. The largest absolute Gasteiger partial charge is 0.371 e. The van der Waals surface area contributed by atoms with Crippen LogP contribution in [0, 0.1) is 25.4 Å². The molecule has 1 saturated heterocycles. The molecule has 1 aliphatic rings. The van der Waals surface area contributed by atoms with Crippen molar-refractivity contribution in [2.75, 3.05) is 18.0 Å². The number of nitrogens with one attached hydrogen (secondary N) is 1. The van der Waals surface area contributed by atoms with Gasteiger partial charge in [-0.2, -0.15) is 0 Å². The van der Waals surface area contributed by atoms with Crippen molar-refractivity contribution in [3.8, 4) is 0 Å². The minimum Gasteiger partial charge on any atom is -0.371 e. The highest BCUT2D eigenvalue weighted by Gasteiger charge is 2.18. The van der Waals surface area contributed by atoms with Gasteiger partial charge in [0.15, 0.2) is 0 Å². The second-order valence-corrected chi connectivity index (χ2v) is 4.78. The third kappa shape index (κ3) is 1.81. The van der Waals surface area contributed by atoms with E-state index in [1.807, 2.05) is 0 Å². The highest BCUT2D eigenvalue weighted by Crippen LogP contribution is 2.29. The molecule has 0 aromatic carbocycles. The molecule has 15 heavy (non-hydrogen) atoms. The van der Waals surface area contributed by atoms with E-state index in [0.29, 0.717) is 0 Å². The van der Waals surface area contributed by atoms with Crippen molar-refractivity contribution < 1.29 is 0 Å². The Morgan fingerprint density at radius 3 is 2.27 bits per heavy atom. The third-order valence-electron chi connectivity index (χ3n) is 3.34. The second-order valence-electron chi connectivity index (χ2n) is 4.37. The predicted octanol–water partition coefficient (Wildman–Crippen LogP) is 3.27. The minimum atomic E-state index is 0.889. The van der Waals surface area contributed by atoms with Gasteiger partial charge in [-0.3, -0.25) is 0 Å². The molecule has 2 rings (SSSR count). The Labute approximate surface area is 96.3 Å². The van der Waals surface area contributed by atoms with Crippen LogP contribution in [0.1, 0.15) is 29.7 Å². The zero-order valence-electron chi connectivity index (χ0n) is 9.68. The van der Waals surface area contributed by atoms with Gasteiger partial charge in [0.05, 0.1) is 0 Å². The van der Waals surface area contributed by atoms with Gasteiger partial charge < -0.3 is 9.88 Å². The Bertz CT molecular complexity index is 428. The first-order valence-corrected chi connectivity index (χ1v) is 5.97. The van der Waals surface area contributed by atoms with Crippen LogP contribution < -0.4 is 4.90 Å². The van der Waals surface area contributed by atoms with Crippen molar-refractivity contribution in [1.29, 1.82) is 0 Å². The molecule has 82 valence electrons. The van der Waals surface area contributed by atoms with E-state index in [1.165, 1.54) is 48.4 Å². The first-order chi connectivity index (χ1) is 7.11. The van der Waals surface area contributed by atoms with Crippen LogP contribution in [0.2, 0.25) is 0 Å². The maximum atomic E-state index is 5.34. The normalized spacial score (nSPS) is 16.1. The SMILES string of the molecule is Cc1[nH]c(=S)c(C)c(N2CCCC2)c1C. The number of H-pyrrole nitrogens is 1. The molecule has 0 unspecified atom stereocenters. The molecule has 0 radical (unpaired) electrons. The molecule has 1 fully saturated rings. The van der Waals surface area contributed by atoms with Gasteiger partial charge in [0.25, 0.3) is 0 Å². The standard InChI is InChI=1S/C12H18N2S/c1-8-10(3)13-12(15)9(2)11(8)14-6-4-5-7-14/h4-7H2,1-3H3,(H,13,15). The smallest absolute Gasteiger partial charge is 0.108 e. The molecule has 0 aliphatic carbocycles. The van der Waals surface area contributed by atoms with E-state index in [4.69, 9.17) is 12.2 Å². The summed E-state index contributed by atoms with van der Waals surface area (Å²) in [7, 11) is 0. The van der Waals surface area contributed by atoms with Crippen molar-refractivity contribution in [2.24, 2.45) is 0 Å². The van der Waals surface area contributed by atoms with Crippen LogP contribution in [0.4, 0.5) is 5.69 Å². The number of aryl methyl sites for hydroxylation is 1. The van der Waals surface area contributed by atoms with E-state index in [-0.39, 0.29) is 0 Å².